The molecule has 2 aliphatic heterocycles. The number of nitrogens with zero attached hydrogens (tertiary/aromatic N) is 4. The monoisotopic (exact) mass is 388 g/mol. The van der Waals surface area contributed by atoms with Gasteiger partial charge in [-0.3, -0.25) is 4.90 Å². The Morgan fingerprint density at radius 2 is 2.07 bits per heavy atom. The van der Waals surface area contributed by atoms with Gasteiger partial charge >= 0.3 is 0 Å². The summed E-state index contributed by atoms with van der Waals surface area (Å²) in [5.74, 6) is 1.08. The van der Waals surface area contributed by atoms with Crippen molar-refractivity contribution in [1.82, 2.24) is 14.9 Å². The van der Waals surface area contributed by atoms with Crippen molar-refractivity contribution in [2.45, 2.75) is 31.9 Å². The molecule has 4 rings (SSSR count). The Balaban J connectivity index is 1.27. The van der Waals surface area contributed by atoms with Crippen molar-refractivity contribution in [2.24, 2.45) is 11.8 Å². The van der Waals surface area contributed by atoms with Gasteiger partial charge in [-0.15, -0.1) is 0 Å². The maximum absolute atomic E-state index is 13.1. The lowest BCUT2D eigenvalue weighted by molar-refractivity contribution is 0.0383. The predicted octanol–water partition coefficient (Wildman–Crippen LogP) is 2.03. The third kappa shape index (κ3) is 4.42. The largest absolute Gasteiger partial charge is 0.396 e. The molecular formula is C21H29FN4O2. The van der Waals surface area contributed by atoms with Gasteiger partial charge in [-0.25, -0.2) is 14.4 Å². The standard InChI is InChI=1S/C21H29FN4O2/c1-15-8-16(4-7-27)2-3-20(15)28-14-17-9-19-13-26(6-5-25(19)12-17)21-23-10-18(22)11-24-21/h2-3,8,10-11,15,17,19-20,27H,4-7,9,12-14H2,1H3. The first-order valence-electron chi connectivity index (χ1n) is 10.2. The van der Waals surface area contributed by atoms with Crippen molar-refractivity contribution in [2.75, 3.05) is 44.3 Å². The van der Waals surface area contributed by atoms with E-state index in [2.05, 4.69) is 44.9 Å². The van der Waals surface area contributed by atoms with Crippen LogP contribution in [-0.4, -0.2) is 71.5 Å². The number of anilines is 1. The number of allylic oxidation sites excluding steroid dienone is 1. The molecule has 0 spiro atoms. The average molecular weight is 388 g/mol. The number of ether oxygens (including phenoxy) is 1. The van der Waals surface area contributed by atoms with Gasteiger partial charge in [0.15, 0.2) is 5.82 Å². The van der Waals surface area contributed by atoms with Crippen LogP contribution in [0.5, 0.6) is 0 Å². The number of aliphatic hydroxyl groups excluding tert-OH is 1. The molecule has 152 valence electrons. The Bertz CT molecular complexity index is 724. The van der Waals surface area contributed by atoms with E-state index < -0.39 is 5.82 Å². The summed E-state index contributed by atoms with van der Waals surface area (Å²) in [6.45, 7) is 6.93. The molecular weight excluding hydrogens is 359 g/mol. The van der Waals surface area contributed by atoms with E-state index >= 15 is 0 Å². The van der Waals surface area contributed by atoms with E-state index in [1.165, 1.54) is 18.0 Å². The van der Waals surface area contributed by atoms with E-state index in [9.17, 15) is 4.39 Å². The maximum atomic E-state index is 13.1. The molecule has 1 aromatic rings. The second-order valence-electron chi connectivity index (χ2n) is 8.13. The first-order valence-corrected chi connectivity index (χ1v) is 10.2. The van der Waals surface area contributed by atoms with Gasteiger partial charge in [0.25, 0.3) is 0 Å². The summed E-state index contributed by atoms with van der Waals surface area (Å²) in [7, 11) is 0. The zero-order valence-electron chi connectivity index (χ0n) is 16.4. The maximum Gasteiger partial charge on any atom is 0.225 e. The van der Waals surface area contributed by atoms with Gasteiger partial charge in [-0.1, -0.05) is 25.2 Å². The minimum atomic E-state index is -0.398. The summed E-state index contributed by atoms with van der Waals surface area (Å²) in [4.78, 5) is 12.9. The summed E-state index contributed by atoms with van der Waals surface area (Å²) in [6.07, 6.45) is 10.8. The molecule has 6 nitrogen and oxygen atoms in total. The number of aliphatic hydroxyl groups is 1. The SMILES string of the molecule is CC1C=C(CCO)C=CC1OCC1CC2CN(c3ncc(F)cn3)CCN2C1. The highest BCUT2D eigenvalue weighted by molar-refractivity contribution is 5.30. The zero-order valence-corrected chi connectivity index (χ0v) is 16.4. The second-order valence-corrected chi connectivity index (χ2v) is 8.13. The Kier molecular flexibility index (Phi) is 6.04. The number of fused-ring (bicyclic) bond motifs is 1. The van der Waals surface area contributed by atoms with Crippen molar-refractivity contribution in [1.29, 1.82) is 0 Å². The number of hydrogen-bond donors (Lipinski definition) is 1. The van der Waals surface area contributed by atoms with E-state index in [-0.39, 0.29) is 12.7 Å². The Morgan fingerprint density at radius 1 is 1.25 bits per heavy atom. The molecule has 2 saturated heterocycles. The van der Waals surface area contributed by atoms with Gasteiger partial charge in [-0.2, -0.15) is 0 Å². The highest BCUT2D eigenvalue weighted by Crippen LogP contribution is 2.29. The van der Waals surface area contributed by atoms with Gasteiger partial charge in [0.05, 0.1) is 25.1 Å². The summed E-state index contributed by atoms with van der Waals surface area (Å²) >= 11 is 0. The van der Waals surface area contributed by atoms with Crippen LogP contribution in [0.3, 0.4) is 0 Å². The number of hydrogen-bond acceptors (Lipinski definition) is 6. The average Bonchev–Trinajstić information content (AvgIpc) is 3.10. The van der Waals surface area contributed by atoms with Gasteiger partial charge in [-0.05, 0) is 24.3 Å². The lowest BCUT2D eigenvalue weighted by Crippen LogP contribution is -2.50. The molecule has 0 bridgehead atoms. The van der Waals surface area contributed by atoms with Crippen LogP contribution in [0.4, 0.5) is 10.3 Å². The van der Waals surface area contributed by atoms with Crippen molar-refractivity contribution < 1.29 is 14.2 Å². The summed E-state index contributed by atoms with van der Waals surface area (Å²) in [6, 6.07) is 0.478. The molecule has 4 unspecified atom stereocenters. The van der Waals surface area contributed by atoms with E-state index in [0.717, 1.165) is 39.2 Å². The fraction of sp³-hybridized carbons (Fsp3) is 0.619. The van der Waals surface area contributed by atoms with Crippen molar-refractivity contribution >= 4 is 5.95 Å². The molecule has 0 radical (unpaired) electrons. The van der Waals surface area contributed by atoms with E-state index in [4.69, 9.17) is 9.84 Å². The number of aromatic nitrogens is 2. The molecule has 1 N–H and O–H groups in total. The Hall–Kier alpha value is -1.83. The van der Waals surface area contributed by atoms with Crippen molar-refractivity contribution in [3.63, 3.8) is 0 Å². The molecule has 0 saturated carbocycles. The summed E-state index contributed by atoms with van der Waals surface area (Å²) in [5.41, 5.74) is 1.19. The number of piperazine rings is 1. The minimum absolute atomic E-state index is 0.115. The fourth-order valence-corrected chi connectivity index (χ4v) is 4.55. The minimum Gasteiger partial charge on any atom is -0.396 e. The number of halogens is 1. The van der Waals surface area contributed by atoms with Crippen LogP contribution in [0, 0.1) is 17.7 Å². The van der Waals surface area contributed by atoms with Gasteiger partial charge < -0.3 is 14.7 Å². The first kappa shape index (κ1) is 19.5. The first-order chi connectivity index (χ1) is 13.6. The van der Waals surface area contributed by atoms with Crippen LogP contribution in [0.25, 0.3) is 0 Å². The van der Waals surface area contributed by atoms with Gasteiger partial charge in [0.1, 0.15) is 0 Å². The zero-order chi connectivity index (χ0) is 19.5. The van der Waals surface area contributed by atoms with Crippen molar-refractivity contribution in [3.8, 4) is 0 Å². The number of rotatable bonds is 6. The van der Waals surface area contributed by atoms with E-state index in [0.29, 0.717) is 30.2 Å². The molecule has 4 atom stereocenters. The smallest absolute Gasteiger partial charge is 0.225 e. The molecule has 0 amide bonds. The topological polar surface area (TPSA) is 61.7 Å². The van der Waals surface area contributed by atoms with Crippen LogP contribution < -0.4 is 4.90 Å². The molecule has 28 heavy (non-hydrogen) atoms. The highest BCUT2D eigenvalue weighted by Gasteiger charge is 2.37. The highest BCUT2D eigenvalue weighted by atomic mass is 19.1. The molecule has 2 fully saturated rings. The molecule has 7 heteroatoms. The third-order valence-electron chi connectivity index (χ3n) is 6.01. The van der Waals surface area contributed by atoms with E-state index in [1.54, 1.807) is 0 Å². The normalized spacial score (nSPS) is 30.4. The molecule has 1 aromatic heterocycles. The second kappa shape index (κ2) is 8.68. The summed E-state index contributed by atoms with van der Waals surface area (Å²) < 4.78 is 19.3. The summed E-state index contributed by atoms with van der Waals surface area (Å²) in [5, 5.41) is 9.08. The fourth-order valence-electron chi connectivity index (χ4n) is 4.55. The lowest BCUT2D eigenvalue weighted by Gasteiger charge is -2.37. The third-order valence-corrected chi connectivity index (χ3v) is 6.01. The van der Waals surface area contributed by atoms with Crippen LogP contribution in [0.15, 0.2) is 36.2 Å². The van der Waals surface area contributed by atoms with Crippen molar-refractivity contribution in [3.05, 3.63) is 42.0 Å². The van der Waals surface area contributed by atoms with Crippen LogP contribution in [-0.2, 0) is 4.74 Å². The Morgan fingerprint density at radius 3 is 2.82 bits per heavy atom. The molecule has 3 aliphatic rings. The van der Waals surface area contributed by atoms with Crippen LogP contribution >= 0.6 is 0 Å². The Labute approximate surface area is 165 Å². The van der Waals surface area contributed by atoms with Gasteiger partial charge in [0.2, 0.25) is 5.95 Å². The lowest BCUT2D eigenvalue weighted by atomic mass is 9.93. The molecule has 1 aliphatic carbocycles. The van der Waals surface area contributed by atoms with Crippen LogP contribution in [0.2, 0.25) is 0 Å². The van der Waals surface area contributed by atoms with E-state index in [1.807, 2.05) is 0 Å². The van der Waals surface area contributed by atoms with Gasteiger partial charge in [0, 0.05) is 44.7 Å². The molecule has 3 heterocycles. The molecule has 0 aromatic carbocycles. The predicted molar refractivity (Wildman–Crippen MR) is 106 cm³/mol. The quantitative estimate of drug-likeness (QED) is 0.805. The van der Waals surface area contributed by atoms with Crippen LogP contribution in [0.1, 0.15) is 19.8 Å².